The van der Waals surface area contributed by atoms with Crippen molar-refractivity contribution in [1.29, 1.82) is 0 Å². The van der Waals surface area contributed by atoms with Crippen LogP contribution >= 0.6 is 0 Å². The van der Waals surface area contributed by atoms with Crippen LogP contribution in [0.25, 0.3) is 0 Å². The zero-order chi connectivity index (χ0) is 13.3. The van der Waals surface area contributed by atoms with Crippen LogP contribution in [-0.2, 0) is 6.42 Å². The van der Waals surface area contributed by atoms with Crippen LogP contribution in [0.1, 0.15) is 38.1 Å². The Morgan fingerprint density at radius 1 is 1.44 bits per heavy atom. The molecule has 1 unspecified atom stereocenters. The molecular formula is C13H22N4O. The third-order valence-electron chi connectivity index (χ3n) is 3.43. The lowest BCUT2D eigenvalue weighted by molar-refractivity contribution is 0.0839. The van der Waals surface area contributed by atoms with E-state index in [4.69, 9.17) is 5.73 Å². The minimum atomic E-state index is -0.628. The van der Waals surface area contributed by atoms with Crippen molar-refractivity contribution < 1.29 is 5.11 Å². The van der Waals surface area contributed by atoms with Gasteiger partial charge in [-0.3, -0.25) is 0 Å². The Morgan fingerprint density at radius 2 is 2.17 bits per heavy atom. The normalized spacial score (nSPS) is 23.7. The van der Waals surface area contributed by atoms with Crippen molar-refractivity contribution in [1.82, 2.24) is 9.97 Å². The molecule has 1 fully saturated rings. The molecule has 1 aliphatic heterocycles. The number of β-amino-alcohol motifs (C(OH)–C–C–N with tert-alkyl or cyclic N) is 1. The highest BCUT2D eigenvalue weighted by Gasteiger charge is 2.33. The fourth-order valence-electron chi connectivity index (χ4n) is 2.34. The van der Waals surface area contributed by atoms with Crippen molar-refractivity contribution in [3.63, 3.8) is 0 Å². The second-order valence-corrected chi connectivity index (χ2v) is 5.39. The molecule has 1 saturated heterocycles. The summed E-state index contributed by atoms with van der Waals surface area (Å²) in [5.74, 6) is 2.22. The molecule has 1 atom stereocenters. The van der Waals surface area contributed by atoms with Crippen molar-refractivity contribution >= 4 is 11.6 Å². The molecule has 3 N–H and O–H groups in total. The van der Waals surface area contributed by atoms with E-state index in [9.17, 15) is 5.11 Å². The molecule has 1 aromatic rings. The van der Waals surface area contributed by atoms with Gasteiger partial charge in [-0.25, -0.2) is 9.97 Å². The van der Waals surface area contributed by atoms with E-state index in [-0.39, 0.29) is 0 Å². The zero-order valence-corrected chi connectivity index (χ0v) is 11.4. The highest BCUT2D eigenvalue weighted by molar-refractivity contribution is 5.57. The maximum Gasteiger partial charge on any atom is 0.137 e. The van der Waals surface area contributed by atoms with E-state index in [1.54, 1.807) is 0 Å². The predicted octanol–water partition coefficient (Wildman–Crippen LogP) is 1.28. The monoisotopic (exact) mass is 250 g/mol. The lowest BCUT2D eigenvalue weighted by atomic mass is 10.1. The number of aliphatic hydroxyl groups is 1. The van der Waals surface area contributed by atoms with Gasteiger partial charge >= 0.3 is 0 Å². The van der Waals surface area contributed by atoms with Crippen LogP contribution in [0.15, 0.2) is 0 Å². The predicted molar refractivity (Wildman–Crippen MR) is 72.6 cm³/mol. The molecule has 0 radical (unpaired) electrons. The average Bonchev–Trinajstić information content (AvgIpc) is 2.64. The van der Waals surface area contributed by atoms with Gasteiger partial charge in [0, 0.05) is 25.1 Å². The molecule has 0 aromatic carbocycles. The van der Waals surface area contributed by atoms with E-state index in [1.807, 2.05) is 13.8 Å². The highest BCUT2D eigenvalue weighted by atomic mass is 16.3. The fourth-order valence-corrected chi connectivity index (χ4v) is 2.34. The Bertz CT molecular complexity index is 445. The summed E-state index contributed by atoms with van der Waals surface area (Å²) >= 11 is 0. The Morgan fingerprint density at radius 3 is 2.72 bits per heavy atom. The number of nitrogen functional groups attached to an aromatic ring is 1. The summed E-state index contributed by atoms with van der Waals surface area (Å²) in [5, 5.41) is 10.0. The Labute approximate surface area is 108 Å². The Balaban J connectivity index is 2.32. The smallest absolute Gasteiger partial charge is 0.137 e. The van der Waals surface area contributed by atoms with Gasteiger partial charge < -0.3 is 15.7 Å². The number of nitrogens with zero attached hydrogens (tertiary/aromatic N) is 3. The molecule has 2 rings (SSSR count). The van der Waals surface area contributed by atoms with E-state index in [1.165, 1.54) is 0 Å². The van der Waals surface area contributed by atoms with Crippen molar-refractivity contribution in [3.05, 3.63) is 11.4 Å². The second kappa shape index (κ2) is 4.72. The van der Waals surface area contributed by atoms with Gasteiger partial charge in [-0.1, -0.05) is 6.92 Å². The van der Waals surface area contributed by atoms with Gasteiger partial charge in [0.15, 0.2) is 0 Å². The molecule has 1 aliphatic rings. The molecule has 0 saturated carbocycles. The second-order valence-electron chi connectivity index (χ2n) is 5.39. The molecule has 0 amide bonds. The zero-order valence-electron chi connectivity index (χ0n) is 11.4. The van der Waals surface area contributed by atoms with E-state index in [0.29, 0.717) is 12.4 Å². The topological polar surface area (TPSA) is 75.3 Å². The first-order valence-corrected chi connectivity index (χ1v) is 6.53. The van der Waals surface area contributed by atoms with E-state index in [0.717, 1.165) is 43.0 Å². The van der Waals surface area contributed by atoms with Crippen molar-refractivity contribution in [3.8, 4) is 0 Å². The Kier molecular flexibility index (Phi) is 3.43. The molecule has 5 heteroatoms. The van der Waals surface area contributed by atoms with Gasteiger partial charge in [-0.15, -0.1) is 0 Å². The summed E-state index contributed by atoms with van der Waals surface area (Å²) in [4.78, 5) is 11.0. The molecular weight excluding hydrogens is 228 g/mol. The fraction of sp³-hybridized carbons (Fsp3) is 0.692. The number of aryl methyl sites for hydroxylation is 1. The number of anilines is 2. The summed E-state index contributed by atoms with van der Waals surface area (Å²) in [6, 6.07) is 0. The first-order valence-electron chi connectivity index (χ1n) is 6.53. The summed E-state index contributed by atoms with van der Waals surface area (Å²) in [7, 11) is 0. The molecule has 2 heterocycles. The van der Waals surface area contributed by atoms with Crippen LogP contribution in [0.3, 0.4) is 0 Å². The third kappa shape index (κ3) is 2.56. The minimum absolute atomic E-state index is 0.551. The van der Waals surface area contributed by atoms with E-state index < -0.39 is 5.60 Å². The lowest BCUT2D eigenvalue weighted by Gasteiger charge is -2.22. The molecule has 0 spiro atoms. The minimum Gasteiger partial charge on any atom is -0.388 e. The average molecular weight is 250 g/mol. The first kappa shape index (κ1) is 13.1. The standard InChI is InChI=1S/C13H22N4O/c1-4-5-10-15-11(14)9(2)12(16-10)17-7-6-13(3,18)8-17/h18H,4-8H2,1-3H3,(H2,14,15,16). The summed E-state index contributed by atoms with van der Waals surface area (Å²) in [5.41, 5.74) is 6.23. The maximum absolute atomic E-state index is 10.0. The number of hydrogen-bond acceptors (Lipinski definition) is 5. The SMILES string of the molecule is CCCc1nc(N)c(C)c(N2CCC(C)(O)C2)n1. The van der Waals surface area contributed by atoms with Gasteiger partial charge in [0.05, 0.1) is 5.60 Å². The molecule has 0 aliphatic carbocycles. The van der Waals surface area contributed by atoms with Crippen molar-refractivity contribution in [2.45, 2.75) is 45.6 Å². The lowest BCUT2D eigenvalue weighted by Crippen LogP contribution is -2.30. The molecule has 5 nitrogen and oxygen atoms in total. The van der Waals surface area contributed by atoms with Gasteiger partial charge in [0.1, 0.15) is 17.5 Å². The van der Waals surface area contributed by atoms with Gasteiger partial charge in [-0.05, 0) is 26.7 Å². The van der Waals surface area contributed by atoms with Gasteiger partial charge in [-0.2, -0.15) is 0 Å². The summed E-state index contributed by atoms with van der Waals surface area (Å²) in [6.45, 7) is 7.32. The quantitative estimate of drug-likeness (QED) is 0.845. The van der Waals surface area contributed by atoms with Crippen LogP contribution < -0.4 is 10.6 Å². The highest BCUT2D eigenvalue weighted by Crippen LogP contribution is 2.29. The Hall–Kier alpha value is -1.36. The summed E-state index contributed by atoms with van der Waals surface area (Å²) in [6.07, 6.45) is 2.60. The largest absolute Gasteiger partial charge is 0.388 e. The van der Waals surface area contributed by atoms with E-state index in [2.05, 4.69) is 21.8 Å². The van der Waals surface area contributed by atoms with Crippen molar-refractivity contribution in [2.75, 3.05) is 23.7 Å². The van der Waals surface area contributed by atoms with E-state index >= 15 is 0 Å². The van der Waals surface area contributed by atoms with Crippen LogP contribution in [0.4, 0.5) is 11.6 Å². The first-order chi connectivity index (χ1) is 8.43. The van der Waals surface area contributed by atoms with Crippen LogP contribution in [-0.4, -0.2) is 33.8 Å². The number of aromatic nitrogens is 2. The van der Waals surface area contributed by atoms with Crippen LogP contribution in [0.5, 0.6) is 0 Å². The third-order valence-corrected chi connectivity index (χ3v) is 3.43. The van der Waals surface area contributed by atoms with Crippen molar-refractivity contribution in [2.24, 2.45) is 0 Å². The van der Waals surface area contributed by atoms with Crippen LogP contribution in [0.2, 0.25) is 0 Å². The molecule has 18 heavy (non-hydrogen) atoms. The summed E-state index contributed by atoms with van der Waals surface area (Å²) < 4.78 is 0. The number of hydrogen-bond donors (Lipinski definition) is 2. The molecule has 100 valence electrons. The number of nitrogens with two attached hydrogens (primary N) is 1. The van der Waals surface area contributed by atoms with Gasteiger partial charge in [0.2, 0.25) is 0 Å². The maximum atomic E-state index is 10.0. The van der Waals surface area contributed by atoms with Crippen LogP contribution in [0, 0.1) is 6.92 Å². The molecule has 0 bridgehead atoms. The number of rotatable bonds is 3. The molecule has 1 aromatic heterocycles. The van der Waals surface area contributed by atoms with Gasteiger partial charge in [0.25, 0.3) is 0 Å².